The molecule has 11 heteroatoms. The van der Waals surface area contributed by atoms with Crippen molar-refractivity contribution in [3.8, 4) is 11.5 Å². The van der Waals surface area contributed by atoms with Gasteiger partial charge in [-0.25, -0.2) is 9.97 Å². The summed E-state index contributed by atoms with van der Waals surface area (Å²) in [5, 5.41) is 21.5. The van der Waals surface area contributed by atoms with Crippen LogP contribution in [-0.4, -0.2) is 64.6 Å². The summed E-state index contributed by atoms with van der Waals surface area (Å²) in [6, 6.07) is 11.7. The fourth-order valence-corrected chi connectivity index (χ4v) is 5.54. The summed E-state index contributed by atoms with van der Waals surface area (Å²) < 4.78 is 11.1. The summed E-state index contributed by atoms with van der Waals surface area (Å²) in [5.74, 6) is 3.61. The van der Waals surface area contributed by atoms with Crippen LogP contribution in [0.2, 0.25) is 0 Å². The third kappa shape index (κ3) is 3.24. The third-order valence-electron chi connectivity index (χ3n) is 7.69. The van der Waals surface area contributed by atoms with Gasteiger partial charge < -0.3 is 24.8 Å². The van der Waals surface area contributed by atoms with E-state index in [1.807, 2.05) is 48.2 Å². The van der Waals surface area contributed by atoms with Crippen molar-refractivity contribution in [3.05, 3.63) is 47.8 Å². The lowest BCUT2D eigenvalue weighted by Gasteiger charge is -2.37. The minimum absolute atomic E-state index is 0.0998. The van der Waals surface area contributed by atoms with Gasteiger partial charge in [-0.15, -0.1) is 0 Å². The summed E-state index contributed by atoms with van der Waals surface area (Å²) in [6.45, 7) is 2.80. The molecule has 4 aromatic rings. The number of amides is 1. The molecule has 0 atom stereocenters. The number of hydrogen-bond acceptors (Lipinski definition) is 9. The number of β-amino-alcohol motifs (C(OH)–C–C–N with tert-alkyl or cyclic N) is 1. The molecule has 1 amide bonds. The predicted octanol–water partition coefficient (Wildman–Crippen LogP) is 3.31. The smallest absolute Gasteiger partial charge is 0.242 e. The number of fused-ring (bicyclic) bond motifs is 3. The number of aliphatic hydroxyl groups is 1. The van der Waals surface area contributed by atoms with Crippen molar-refractivity contribution in [2.24, 2.45) is 0 Å². The van der Waals surface area contributed by atoms with Crippen molar-refractivity contribution in [1.82, 2.24) is 20.2 Å². The molecule has 7 rings (SSSR count). The Kier molecular flexibility index (Phi) is 4.83. The van der Waals surface area contributed by atoms with Crippen molar-refractivity contribution in [2.45, 2.75) is 31.3 Å². The molecule has 3 N–H and O–H groups in total. The standard InChI is InChI=1S/C27H27N7O4/c1-14-28-24(22(38-3)25(29-14)33-12-16(35)13-33)30-23-18-6-4-15(10-20(18)31-32-23)34-21-7-5-17(37-2)11-19(21)27(8-9-27)26(34)36/h4-7,10-11,16,35H,8-9,12-13H2,1-3H3,(H2,28,29,30,31,32). The zero-order chi connectivity index (χ0) is 26.2. The molecule has 1 saturated carbocycles. The first-order valence-electron chi connectivity index (χ1n) is 12.6. The van der Waals surface area contributed by atoms with Gasteiger partial charge in [-0.3, -0.25) is 14.8 Å². The van der Waals surface area contributed by atoms with Crippen LogP contribution in [0.5, 0.6) is 11.5 Å². The van der Waals surface area contributed by atoms with E-state index in [0.717, 1.165) is 46.4 Å². The van der Waals surface area contributed by atoms with Crippen LogP contribution in [0.3, 0.4) is 0 Å². The molecular formula is C27H27N7O4. The summed E-state index contributed by atoms with van der Waals surface area (Å²) in [6.07, 6.45) is 1.32. The van der Waals surface area contributed by atoms with Gasteiger partial charge in [0.1, 0.15) is 11.6 Å². The highest BCUT2D eigenvalue weighted by atomic mass is 16.5. The Hall–Kier alpha value is -4.38. The summed E-state index contributed by atoms with van der Waals surface area (Å²) in [4.78, 5) is 26.4. The maximum absolute atomic E-state index is 13.6. The van der Waals surface area contributed by atoms with E-state index in [2.05, 4.69) is 25.5 Å². The number of aromatic nitrogens is 4. The number of anilines is 5. The lowest BCUT2D eigenvalue weighted by molar-refractivity contribution is -0.119. The molecular weight excluding hydrogens is 486 g/mol. The van der Waals surface area contributed by atoms with Crippen molar-refractivity contribution < 1.29 is 19.4 Å². The molecule has 0 bridgehead atoms. The average Bonchev–Trinajstić information content (AvgIpc) is 3.56. The van der Waals surface area contributed by atoms with E-state index in [9.17, 15) is 9.90 Å². The molecule has 1 saturated heterocycles. The number of methoxy groups -OCH3 is 2. The highest BCUT2D eigenvalue weighted by Crippen LogP contribution is 2.59. The van der Waals surface area contributed by atoms with Crippen LogP contribution >= 0.6 is 0 Å². The first-order chi connectivity index (χ1) is 18.4. The van der Waals surface area contributed by atoms with Gasteiger partial charge in [-0.05, 0) is 61.7 Å². The van der Waals surface area contributed by atoms with E-state index in [1.54, 1.807) is 19.1 Å². The van der Waals surface area contributed by atoms with Crippen LogP contribution in [0.4, 0.5) is 28.8 Å². The second kappa shape index (κ2) is 8.06. The minimum atomic E-state index is -0.439. The van der Waals surface area contributed by atoms with Crippen molar-refractivity contribution >= 4 is 45.6 Å². The molecule has 4 heterocycles. The summed E-state index contributed by atoms with van der Waals surface area (Å²) in [5.41, 5.74) is 3.05. The molecule has 0 unspecified atom stereocenters. The Bertz CT molecular complexity index is 1610. The van der Waals surface area contributed by atoms with Crippen molar-refractivity contribution in [3.63, 3.8) is 0 Å². The number of hydrogen-bond donors (Lipinski definition) is 3. The van der Waals surface area contributed by atoms with E-state index in [4.69, 9.17) is 9.47 Å². The first kappa shape index (κ1) is 22.8. The van der Waals surface area contributed by atoms with Crippen molar-refractivity contribution in [2.75, 3.05) is 42.4 Å². The number of rotatable bonds is 6. The van der Waals surface area contributed by atoms with Crippen LogP contribution < -0.4 is 24.6 Å². The van der Waals surface area contributed by atoms with Gasteiger partial charge in [0.05, 0.1) is 42.6 Å². The zero-order valence-electron chi connectivity index (χ0n) is 21.3. The average molecular weight is 514 g/mol. The number of carbonyl (C=O) groups excluding carboxylic acids is 1. The van der Waals surface area contributed by atoms with Gasteiger partial charge in [-0.1, -0.05) is 0 Å². The summed E-state index contributed by atoms with van der Waals surface area (Å²) in [7, 11) is 3.21. The first-order valence-corrected chi connectivity index (χ1v) is 12.6. The van der Waals surface area contributed by atoms with Crippen molar-refractivity contribution in [1.29, 1.82) is 0 Å². The van der Waals surface area contributed by atoms with E-state index < -0.39 is 5.41 Å². The quantitative estimate of drug-likeness (QED) is 0.356. The van der Waals surface area contributed by atoms with Gasteiger partial charge in [0.2, 0.25) is 11.7 Å². The van der Waals surface area contributed by atoms with Gasteiger partial charge in [0.25, 0.3) is 0 Å². The molecule has 11 nitrogen and oxygen atoms in total. The zero-order valence-corrected chi connectivity index (χ0v) is 21.3. The normalized spacial score (nSPS) is 17.6. The predicted molar refractivity (Wildman–Crippen MR) is 142 cm³/mol. The molecule has 3 aliphatic rings. The summed E-state index contributed by atoms with van der Waals surface area (Å²) >= 11 is 0. The Morgan fingerprint density at radius 1 is 1.08 bits per heavy atom. The topological polar surface area (TPSA) is 129 Å². The highest BCUT2D eigenvalue weighted by Gasteiger charge is 2.59. The monoisotopic (exact) mass is 513 g/mol. The van der Waals surface area contributed by atoms with Crippen LogP contribution in [0, 0.1) is 6.92 Å². The maximum atomic E-state index is 13.6. The number of nitrogens with zero attached hydrogens (tertiary/aromatic N) is 5. The van der Waals surface area contributed by atoms with Crippen LogP contribution in [0.25, 0.3) is 10.9 Å². The minimum Gasteiger partial charge on any atom is -0.497 e. The lowest BCUT2D eigenvalue weighted by Crippen LogP contribution is -2.51. The molecule has 2 fully saturated rings. The molecule has 1 aliphatic carbocycles. The SMILES string of the molecule is COc1ccc2c(c1)C1(CC1)C(=O)N2c1ccc2c(Nc3nc(C)nc(N4CC(O)C4)c3OC)n[nH]c2c1. The molecule has 2 aliphatic heterocycles. The third-order valence-corrected chi connectivity index (χ3v) is 7.69. The fourth-order valence-electron chi connectivity index (χ4n) is 5.54. The van der Waals surface area contributed by atoms with Crippen LogP contribution in [-0.2, 0) is 10.2 Å². The van der Waals surface area contributed by atoms with Gasteiger partial charge in [0, 0.05) is 18.5 Å². The number of H-pyrrole nitrogens is 1. The molecule has 2 aromatic heterocycles. The van der Waals surface area contributed by atoms with Gasteiger partial charge >= 0.3 is 0 Å². The molecule has 2 aromatic carbocycles. The Morgan fingerprint density at radius 3 is 2.61 bits per heavy atom. The number of aromatic amines is 1. The van der Waals surface area contributed by atoms with Crippen LogP contribution in [0.1, 0.15) is 24.2 Å². The van der Waals surface area contributed by atoms with E-state index in [1.165, 1.54) is 0 Å². The number of aryl methyl sites for hydroxylation is 1. The number of carbonyl (C=O) groups is 1. The second-order valence-corrected chi connectivity index (χ2v) is 10.1. The Balaban J connectivity index is 1.23. The second-order valence-electron chi connectivity index (χ2n) is 10.1. The van der Waals surface area contributed by atoms with Crippen LogP contribution in [0.15, 0.2) is 36.4 Å². The van der Waals surface area contributed by atoms with E-state index >= 15 is 0 Å². The number of benzene rings is 2. The number of nitrogens with one attached hydrogen (secondary N) is 2. The fraction of sp³-hybridized carbons (Fsp3) is 0.333. The number of ether oxygens (including phenoxy) is 2. The Labute approximate surface area is 218 Å². The van der Waals surface area contributed by atoms with E-state index in [-0.39, 0.29) is 12.0 Å². The molecule has 194 valence electrons. The largest absolute Gasteiger partial charge is 0.497 e. The highest BCUT2D eigenvalue weighted by molar-refractivity contribution is 6.15. The lowest BCUT2D eigenvalue weighted by atomic mass is 9.98. The van der Waals surface area contributed by atoms with E-state index in [0.29, 0.717) is 42.1 Å². The molecule has 38 heavy (non-hydrogen) atoms. The molecule has 1 spiro atoms. The van der Waals surface area contributed by atoms with Gasteiger partial charge in [0.15, 0.2) is 17.5 Å². The number of aliphatic hydroxyl groups excluding tert-OH is 1. The Morgan fingerprint density at radius 2 is 1.89 bits per heavy atom. The van der Waals surface area contributed by atoms with Gasteiger partial charge in [-0.2, -0.15) is 5.10 Å². The maximum Gasteiger partial charge on any atom is 0.242 e. The molecule has 0 radical (unpaired) electrons.